The number of rotatable bonds is 2. The zero-order valence-corrected chi connectivity index (χ0v) is 15.3. The van der Waals surface area contributed by atoms with Crippen LogP contribution in [0.2, 0.25) is 5.02 Å². The normalized spacial score (nSPS) is 13.2. The summed E-state index contributed by atoms with van der Waals surface area (Å²) >= 11 is 8.68. The van der Waals surface area contributed by atoms with Crippen LogP contribution >= 0.6 is 34.2 Å². The molecule has 4 heteroatoms. The molecule has 1 atom stereocenters. The quantitative estimate of drug-likeness (QED) is 0.587. The van der Waals surface area contributed by atoms with Gasteiger partial charge in [0.2, 0.25) is 0 Å². The second-order valence-corrected chi connectivity index (χ2v) is 9.25. The molecule has 0 aliphatic rings. The third-order valence-corrected chi connectivity index (χ3v) is 5.98. The van der Waals surface area contributed by atoms with Gasteiger partial charge in [-0.1, -0.05) is 35.9 Å². The molecule has 0 aliphatic heterocycles. The third-order valence-electron chi connectivity index (χ3n) is 2.87. The van der Waals surface area contributed by atoms with Crippen LogP contribution < -0.4 is 0 Å². The van der Waals surface area contributed by atoms with Gasteiger partial charge in [-0.25, -0.2) is 0 Å². The zero-order chi connectivity index (χ0) is 14.9. The molecule has 2 aromatic rings. The van der Waals surface area contributed by atoms with Crippen molar-refractivity contribution in [3.05, 3.63) is 51.1 Å². The van der Waals surface area contributed by atoms with E-state index in [0.717, 1.165) is 19.6 Å². The van der Waals surface area contributed by atoms with Crippen LogP contribution in [-0.2, 0) is 10.8 Å². The predicted molar refractivity (Wildman–Crippen MR) is 95.8 cm³/mol. The average molecular weight is 419 g/mol. The molecule has 0 fully saturated rings. The van der Waals surface area contributed by atoms with Crippen molar-refractivity contribution < 1.29 is 4.21 Å². The summed E-state index contributed by atoms with van der Waals surface area (Å²) in [6.45, 7) is 5.93. The summed E-state index contributed by atoms with van der Waals surface area (Å²) in [7, 11) is -1.12. The molecule has 0 aliphatic carbocycles. The topological polar surface area (TPSA) is 17.1 Å². The van der Waals surface area contributed by atoms with E-state index in [4.69, 9.17) is 11.6 Å². The molecule has 1 nitrogen and oxygen atoms in total. The molecular formula is C16H16ClIOS. The van der Waals surface area contributed by atoms with Gasteiger partial charge in [-0.3, -0.25) is 4.21 Å². The Morgan fingerprint density at radius 3 is 2.30 bits per heavy atom. The van der Waals surface area contributed by atoms with Crippen molar-refractivity contribution in [2.75, 3.05) is 0 Å². The minimum absolute atomic E-state index is 0.320. The van der Waals surface area contributed by atoms with Gasteiger partial charge in [0.15, 0.2) is 0 Å². The van der Waals surface area contributed by atoms with Crippen LogP contribution in [0.25, 0.3) is 11.1 Å². The Labute approximate surface area is 141 Å². The Balaban J connectivity index is 2.71. The van der Waals surface area contributed by atoms with Crippen LogP contribution in [0.3, 0.4) is 0 Å². The lowest BCUT2D eigenvalue weighted by atomic mass is 10.1. The van der Waals surface area contributed by atoms with Crippen molar-refractivity contribution in [2.24, 2.45) is 0 Å². The van der Waals surface area contributed by atoms with Gasteiger partial charge in [-0.15, -0.1) is 0 Å². The second-order valence-electron chi connectivity index (χ2n) is 5.47. The molecule has 0 spiro atoms. The van der Waals surface area contributed by atoms with E-state index in [9.17, 15) is 4.21 Å². The van der Waals surface area contributed by atoms with E-state index in [1.807, 2.05) is 63.2 Å². The zero-order valence-electron chi connectivity index (χ0n) is 11.6. The van der Waals surface area contributed by atoms with Crippen molar-refractivity contribution in [2.45, 2.75) is 30.4 Å². The SMILES string of the molecule is CC(C)(C)[S@@](=O)c1cccc(Cl)c1-c1ccccc1I. The second kappa shape index (κ2) is 6.16. The van der Waals surface area contributed by atoms with Crippen molar-refractivity contribution in [3.63, 3.8) is 0 Å². The maximum absolute atomic E-state index is 12.8. The van der Waals surface area contributed by atoms with Crippen molar-refractivity contribution in [3.8, 4) is 11.1 Å². The standard InChI is InChI=1S/C16H16ClIOS/c1-16(2,3)20(19)14-10-6-8-12(17)15(14)11-7-4-5-9-13(11)18/h4-10H,1-3H3/t20-/m0/s1. The van der Waals surface area contributed by atoms with Gasteiger partial charge in [0.25, 0.3) is 0 Å². The summed E-state index contributed by atoms with van der Waals surface area (Å²) in [5.74, 6) is 0. The third kappa shape index (κ3) is 3.26. The summed E-state index contributed by atoms with van der Waals surface area (Å²) in [6.07, 6.45) is 0. The average Bonchev–Trinajstić information content (AvgIpc) is 2.38. The van der Waals surface area contributed by atoms with Crippen LogP contribution in [0.15, 0.2) is 47.4 Å². The highest BCUT2D eigenvalue weighted by atomic mass is 127. The Morgan fingerprint density at radius 2 is 1.70 bits per heavy atom. The van der Waals surface area contributed by atoms with Crippen LogP contribution in [0.1, 0.15) is 20.8 Å². The van der Waals surface area contributed by atoms with Crippen LogP contribution in [-0.4, -0.2) is 8.96 Å². The van der Waals surface area contributed by atoms with Crippen molar-refractivity contribution in [1.29, 1.82) is 0 Å². The first-order valence-corrected chi connectivity index (χ1v) is 8.88. The number of benzene rings is 2. The van der Waals surface area contributed by atoms with Gasteiger partial charge < -0.3 is 0 Å². The molecule has 0 unspecified atom stereocenters. The fraction of sp³-hybridized carbons (Fsp3) is 0.250. The Morgan fingerprint density at radius 1 is 1.05 bits per heavy atom. The molecular weight excluding hydrogens is 403 g/mol. The van der Waals surface area contributed by atoms with Gasteiger partial charge in [-0.2, -0.15) is 0 Å². The van der Waals surface area contributed by atoms with E-state index in [1.165, 1.54) is 0 Å². The van der Waals surface area contributed by atoms with Gasteiger partial charge in [-0.05, 0) is 67.1 Å². The van der Waals surface area contributed by atoms with Crippen LogP contribution in [0.5, 0.6) is 0 Å². The lowest BCUT2D eigenvalue weighted by Crippen LogP contribution is -2.22. The van der Waals surface area contributed by atoms with Crippen LogP contribution in [0.4, 0.5) is 0 Å². The Hall–Kier alpha value is -0.390. The first-order chi connectivity index (χ1) is 9.32. The molecule has 0 N–H and O–H groups in total. The summed E-state index contributed by atoms with van der Waals surface area (Å²) in [5.41, 5.74) is 1.92. The molecule has 0 bridgehead atoms. The Kier molecular flexibility index (Phi) is 4.92. The van der Waals surface area contributed by atoms with Gasteiger partial charge in [0, 0.05) is 23.8 Å². The largest absolute Gasteiger partial charge is 0.254 e. The number of hydrogen-bond acceptors (Lipinski definition) is 1. The summed E-state index contributed by atoms with van der Waals surface area (Å²) < 4.78 is 13.6. The van der Waals surface area contributed by atoms with E-state index in [0.29, 0.717) is 5.02 Å². The monoisotopic (exact) mass is 418 g/mol. The van der Waals surface area contributed by atoms with E-state index in [2.05, 4.69) is 22.6 Å². The molecule has 106 valence electrons. The first-order valence-electron chi connectivity index (χ1n) is 6.27. The molecule has 2 rings (SSSR count). The maximum atomic E-state index is 12.8. The molecule has 0 amide bonds. The minimum atomic E-state index is -1.12. The number of halogens is 2. The molecule has 2 aromatic carbocycles. The van der Waals surface area contributed by atoms with E-state index >= 15 is 0 Å². The minimum Gasteiger partial charge on any atom is -0.254 e. The lowest BCUT2D eigenvalue weighted by Gasteiger charge is -2.21. The number of hydrogen-bond donors (Lipinski definition) is 0. The predicted octanol–water partition coefficient (Wildman–Crippen LogP) is 5.52. The fourth-order valence-corrected chi connectivity index (χ4v) is 4.17. The maximum Gasteiger partial charge on any atom is 0.0590 e. The summed E-state index contributed by atoms with van der Waals surface area (Å²) in [6, 6.07) is 13.6. The molecule has 20 heavy (non-hydrogen) atoms. The Bertz CT molecular complexity index is 662. The fourth-order valence-electron chi connectivity index (χ4n) is 1.91. The van der Waals surface area contributed by atoms with E-state index in [1.54, 1.807) is 0 Å². The summed E-state index contributed by atoms with van der Waals surface area (Å²) in [4.78, 5) is 0.800. The highest BCUT2D eigenvalue weighted by Gasteiger charge is 2.25. The smallest absolute Gasteiger partial charge is 0.0590 e. The first kappa shape index (κ1) is 16.0. The van der Waals surface area contributed by atoms with Crippen LogP contribution in [0, 0.1) is 3.57 Å². The summed E-state index contributed by atoms with van der Waals surface area (Å²) in [5, 5.41) is 0.643. The van der Waals surface area contributed by atoms with Gasteiger partial charge in [0.05, 0.1) is 10.8 Å². The van der Waals surface area contributed by atoms with Gasteiger partial charge >= 0.3 is 0 Å². The molecule has 0 saturated heterocycles. The van der Waals surface area contributed by atoms with Gasteiger partial charge in [0.1, 0.15) is 0 Å². The van der Waals surface area contributed by atoms with Crippen molar-refractivity contribution in [1.82, 2.24) is 0 Å². The highest BCUT2D eigenvalue weighted by molar-refractivity contribution is 14.1. The highest BCUT2D eigenvalue weighted by Crippen LogP contribution is 2.38. The molecule has 0 radical (unpaired) electrons. The molecule has 0 heterocycles. The van der Waals surface area contributed by atoms with E-state index in [-0.39, 0.29) is 4.75 Å². The van der Waals surface area contributed by atoms with Crippen molar-refractivity contribution >= 4 is 45.0 Å². The molecule has 0 aromatic heterocycles. The van der Waals surface area contributed by atoms with E-state index < -0.39 is 10.8 Å². The lowest BCUT2D eigenvalue weighted by molar-refractivity contribution is 0.649. The molecule has 0 saturated carbocycles.